The molecule has 76 valence electrons. The van der Waals surface area contributed by atoms with Crippen LogP contribution < -0.4 is 5.32 Å². The molecule has 2 rings (SSSR count). The second kappa shape index (κ2) is 3.73. The Morgan fingerprint density at radius 2 is 2.50 bits per heavy atom. The lowest BCUT2D eigenvalue weighted by Gasteiger charge is -2.18. The Morgan fingerprint density at radius 3 is 3.07 bits per heavy atom. The third-order valence-corrected chi connectivity index (χ3v) is 2.54. The Labute approximate surface area is 87.2 Å². The van der Waals surface area contributed by atoms with Gasteiger partial charge in [-0.05, 0) is 11.6 Å². The normalized spacial score (nSPS) is 22.2. The fourth-order valence-corrected chi connectivity index (χ4v) is 1.93. The van der Waals surface area contributed by atoms with Crippen molar-refractivity contribution in [1.82, 2.24) is 15.1 Å². The van der Waals surface area contributed by atoms with Gasteiger partial charge in [-0.15, -0.1) is 0 Å². The summed E-state index contributed by atoms with van der Waals surface area (Å²) in [5.74, 6) is 0. The molecule has 0 bridgehead atoms. The summed E-state index contributed by atoms with van der Waals surface area (Å²) in [7, 11) is 1.84. The number of aliphatic hydroxyl groups is 1. The van der Waals surface area contributed by atoms with E-state index < -0.39 is 6.10 Å². The Morgan fingerprint density at radius 1 is 1.71 bits per heavy atom. The van der Waals surface area contributed by atoms with Crippen molar-refractivity contribution in [1.29, 1.82) is 0 Å². The predicted octanol–water partition coefficient (Wildman–Crippen LogP) is 0.421. The first-order valence-corrected chi connectivity index (χ1v) is 4.83. The maximum Gasteiger partial charge on any atom is 0.0862 e. The van der Waals surface area contributed by atoms with Crippen LogP contribution in [0.2, 0.25) is 5.02 Å². The number of rotatable bonds is 1. The molecule has 5 heteroatoms. The third kappa shape index (κ3) is 1.68. The minimum Gasteiger partial charge on any atom is -0.388 e. The van der Waals surface area contributed by atoms with Gasteiger partial charge in [0.2, 0.25) is 0 Å². The highest BCUT2D eigenvalue weighted by atomic mass is 35.5. The number of nitrogens with zero attached hydrogens (tertiary/aromatic N) is 2. The Balaban J connectivity index is 2.39. The van der Waals surface area contributed by atoms with Crippen molar-refractivity contribution in [3.8, 4) is 0 Å². The smallest absolute Gasteiger partial charge is 0.0862 e. The van der Waals surface area contributed by atoms with Crippen molar-refractivity contribution in [2.24, 2.45) is 7.05 Å². The van der Waals surface area contributed by atoms with E-state index in [9.17, 15) is 5.11 Å². The van der Waals surface area contributed by atoms with Crippen molar-refractivity contribution in [3.63, 3.8) is 0 Å². The van der Waals surface area contributed by atoms with Gasteiger partial charge in [-0.2, -0.15) is 5.10 Å². The largest absolute Gasteiger partial charge is 0.388 e. The first kappa shape index (κ1) is 9.71. The fourth-order valence-electron chi connectivity index (χ4n) is 1.64. The predicted molar refractivity (Wildman–Crippen MR) is 55.1 cm³/mol. The lowest BCUT2D eigenvalue weighted by molar-refractivity contribution is 0.217. The van der Waals surface area contributed by atoms with E-state index in [-0.39, 0.29) is 0 Å². The van der Waals surface area contributed by atoms with Gasteiger partial charge in [0.1, 0.15) is 0 Å². The molecule has 1 unspecified atom stereocenters. The van der Waals surface area contributed by atoms with Gasteiger partial charge in [-0.25, -0.2) is 0 Å². The highest BCUT2D eigenvalue weighted by Gasteiger charge is 2.16. The van der Waals surface area contributed by atoms with E-state index in [1.54, 1.807) is 10.9 Å². The van der Waals surface area contributed by atoms with Gasteiger partial charge in [-0.1, -0.05) is 11.6 Å². The summed E-state index contributed by atoms with van der Waals surface area (Å²) in [5.41, 5.74) is 1.87. The highest BCUT2D eigenvalue weighted by molar-refractivity contribution is 6.32. The van der Waals surface area contributed by atoms with E-state index in [1.165, 1.54) is 0 Å². The van der Waals surface area contributed by atoms with Gasteiger partial charge in [-0.3, -0.25) is 4.68 Å². The summed E-state index contributed by atoms with van der Waals surface area (Å²) in [6, 6.07) is 0. The van der Waals surface area contributed by atoms with Crippen LogP contribution in [-0.4, -0.2) is 34.1 Å². The lowest BCUT2D eigenvalue weighted by atomic mass is 10.1. The van der Waals surface area contributed by atoms with Crippen LogP contribution in [0, 0.1) is 0 Å². The van der Waals surface area contributed by atoms with E-state index in [0.717, 1.165) is 17.8 Å². The van der Waals surface area contributed by atoms with Crippen molar-refractivity contribution in [2.75, 3.05) is 13.1 Å². The molecule has 1 atom stereocenters. The summed E-state index contributed by atoms with van der Waals surface area (Å²) >= 11 is 5.99. The van der Waals surface area contributed by atoms with Crippen LogP contribution in [0.5, 0.6) is 0 Å². The van der Waals surface area contributed by atoms with Crippen LogP contribution in [0.15, 0.2) is 12.3 Å². The average Bonchev–Trinajstić information content (AvgIpc) is 2.46. The molecule has 0 radical (unpaired) electrons. The maximum atomic E-state index is 9.45. The van der Waals surface area contributed by atoms with Gasteiger partial charge in [0.05, 0.1) is 23.0 Å². The summed E-state index contributed by atoms with van der Waals surface area (Å²) in [6.45, 7) is 1.31. The van der Waals surface area contributed by atoms with Gasteiger partial charge >= 0.3 is 0 Å². The van der Waals surface area contributed by atoms with E-state index in [4.69, 9.17) is 11.6 Å². The molecule has 0 aromatic carbocycles. The molecule has 0 spiro atoms. The zero-order valence-corrected chi connectivity index (χ0v) is 8.62. The van der Waals surface area contributed by atoms with Gasteiger partial charge in [0, 0.05) is 20.1 Å². The average molecular weight is 214 g/mol. The second-order valence-electron chi connectivity index (χ2n) is 3.35. The molecule has 0 fully saturated rings. The summed E-state index contributed by atoms with van der Waals surface area (Å²) in [4.78, 5) is 0. The Bertz CT molecular complexity index is 353. The van der Waals surface area contributed by atoms with E-state index >= 15 is 0 Å². The first-order valence-electron chi connectivity index (χ1n) is 4.46. The summed E-state index contributed by atoms with van der Waals surface area (Å²) in [6.07, 6.45) is 2.99. The molecule has 14 heavy (non-hydrogen) atoms. The Kier molecular flexibility index (Phi) is 2.58. The zero-order valence-electron chi connectivity index (χ0n) is 7.87. The molecule has 1 aromatic rings. The van der Waals surface area contributed by atoms with E-state index in [1.807, 2.05) is 13.1 Å². The third-order valence-electron chi connectivity index (χ3n) is 2.26. The standard InChI is InChI=1S/C9H12ClN3O/c1-13-9(8(10)5-12-13)6-2-7(14)4-11-3-6/h2,5,7,11,14H,3-4H2,1H3. The van der Waals surface area contributed by atoms with Crippen molar-refractivity contribution >= 4 is 17.2 Å². The first-order chi connectivity index (χ1) is 6.68. The zero-order chi connectivity index (χ0) is 10.1. The molecule has 1 aromatic heterocycles. The fraction of sp³-hybridized carbons (Fsp3) is 0.444. The minimum atomic E-state index is -0.440. The SMILES string of the molecule is Cn1ncc(Cl)c1C1=CC(O)CNC1. The number of hydrogen-bond donors (Lipinski definition) is 2. The molecule has 2 N–H and O–H groups in total. The van der Waals surface area contributed by atoms with E-state index in [0.29, 0.717) is 11.6 Å². The summed E-state index contributed by atoms with van der Waals surface area (Å²) < 4.78 is 1.72. The van der Waals surface area contributed by atoms with Crippen LogP contribution in [-0.2, 0) is 7.05 Å². The van der Waals surface area contributed by atoms with Crippen LogP contribution in [0.25, 0.3) is 5.57 Å². The quantitative estimate of drug-likeness (QED) is 0.711. The molecular weight excluding hydrogens is 202 g/mol. The van der Waals surface area contributed by atoms with Crippen molar-refractivity contribution in [3.05, 3.63) is 23.0 Å². The molecule has 0 aliphatic carbocycles. The molecule has 0 saturated heterocycles. The van der Waals surface area contributed by atoms with Crippen LogP contribution in [0.3, 0.4) is 0 Å². The van der Waals surface area contributed by atoms with Crippen LogP contribution in [0.1, 0.15) is 5.69 Å². The molecule has 2 heterocycles. The maximum absolute atomic E-state index is 9.45. The molecule has 1 aliphatic rings. The number of β-amino-alcohol motifs (C(OH)–C–C–N with tert-alkyl or cyclic N) is 1. The number of halogens is 1. The van der Waals surface area contributed by atoms with Crippen LogP contribution >= 0.6 is 11.6 Å². The topological polar surface area (TPSA) is 50.1 Å². The van der Waals surface area contributed by atoms with Crippen LogP contribution in [0.4, 0.5) is 0 Å². The number of aromatic nitrogens is 2. The van der Waals surface area contributed by atoms with Crippen molar-refractivity contribution < 1.29 is 5.11 Å². The minimum absolute atomic E-state index is 0.440. The number of aliphatic hydroxyl groups excluding tert-OH is 1. The molecule has 0 amide bonds. The van der Waals surface area contributed by atoms with Gasteiger partial charge in [0.15, 0.2) is 0 Å². The molecule has 4 nitrogen and oxygen atoms in total. The second-order valence-corrected chi connectivity index (χ2v) is 3.76. The monoisotopic (exact) mass is 213 g/mol. The Hall–Kier alpha value is -0.840. The molecular formula is C9H12ClN3O. The number of aryl methyl sites for hydroxylation is 1. The van der Waals surface area contributed by atoms with E-state index in [2.05, 4.69) is 10.4 Å². The number of nitrogens with one attached hydrogen (secondary N) is 1. The summed E-state index contributed by atoms with van der Waals surface area (Å²) in [5, 5.41) is 17.2. The van der Waals surface area contributed by atoms with Gasteiger partial charge < -0.3 is 10.4 Å². The van der Waals surface area contributed by atoms with Crippen molar-refractivity contribution in [2.45, 2.75) is 6.10 Å². The molecule has 1 aliphatic heterocycles. The highest BCUT2D eigenvalue weighted by Crippen LogP contribution is 2.24. The number of hydrogen-bond acceptors (Lipinski definition) is 3. The van der Waals surface area contributed by atoms with Gasteiger partial charge in [0.25, 0.3) is 0 Å². The molecule has 0 saturated carbocycles. The lowest BCUT2D eigenvalue weighted by Crippen LogP contribution is -2.32.